The topological polar surface area (TPSA) is 134 Å². The Kier molecular flexibility index (Phi) is 8.42. The molecule has 0 aliphatic carbocycles. The molecule has 0 unspecified atom stereocenters. The number of aromatic nitrogens is 3. The van der Waals surface area contributed by atoms with Gasteiger partial charge < -0.3 is 30.6 Å². The molecular formula is C29H26N6O4S2. The van der Waals surface area contributed by atoms with E-state index in [4.69, 9.17) is 24.9 Å². The first-order chi connectivity index (χ1) is 20.0. The quantitative estimate of drug-likeness (QED) is 0.160. The van der Waals surface area contributed by atoms with Crippen LogP contribution < -0.4 is 30.6 Å². The lowest BCUT2D eigenvalue weighted by Gasteiger charge is -2.14. The molecular weight excluding hydrogens is 560 g/mol. The summed E-state index contributed by atoms with van der Waals surface area (Å²) in [6, 6.07) is 14.8. The van der Waals surface area contributed by atoms with Gasteiger partial charge in [-0.2, -0.15) is 0 Å². The number of carbonyl (C=O) groups is 1. The van der Waals surface area contributed by atoms with Crippen LogP contribution in [0.25, 0.3) is 27.2 Å². The molecule has 0 saturated carbocycles. The van der Waals surface area contributed by atoms with E-state index in [-0.39, 0.29) is 5.91 Å². The number of ether oxygens (including phenoxy) is 3. The molecule has 0 radical (unpaired) electrons. The van der Waals surface area contributed by atoms with Crippen molar-refractivity contribution in [1.29, 1.82) is 0 Å². The molecule has 0 aliphatic rings. The number of rotatable bonds is 10. The monoisotopic (exact) mass is 586 g/mol. The van der Waals surface area contributed by atoms with Gasteiger partial charge in [0.2, 0.25) is 11.7 Å². The maximum absolute atomic E-state index is 12.4. The Labute approximate surface area is 244 Å². The maximum atomic E-state index is 12.4. The van der Waals surface area contributed by atoms with E-state index in [0.29, 0.717) is 39.6 Å². The van der Waals surface area contributed by atoms with E-state index >= 15 is 0 Å². The highest BCUT2D eigenvalue weighted by molar-refractivity contribution is 7.23. The van der Waals surface area contributed by atoms with Crippen LogP contribution in [0.2, 0.25) is 0 Å². The minimum Gasteiger partial charge on any atom is -0.493 e. The van der Waals surface area contributed by atoms with Gasteiger partial charge in [0.1, 0.15) is 15.7 Å². The highest BCUT2D eigenvalue weighted by atomic mass is 32.1. The van der Waals surface area contributed by atoms with Gasteiger partial charge in [-0.25, -0.2) is 9.97 Å². The second-order valence-corrected chi connectivity index (χ2v) is 10.4. The molecule has 10 nitrogen and oxygen atoms in total. The predicted molar refractivity (Wildman–Crippen MR) is 164 cm³/mol. The van der Waals surface area contributed by atoms with Gasteiger partial charge in [0, 0.05) is 52.9 Å². The van der Waals surface area contributed by atoms with Crippen LogP contribution in [0.1, 0.15) is 5.56 Å². The second kappa shape index (κ2) is 12.5. The van der Waals surface area contributed by atoms with Crippen LogP contribution in [0.3, 0.4) is 0 Å². The van der Waals surface area contributed by atoms with Crippen LogP contribution in [-0.4, -0.2) is 42.2 Å². The van der Waals surface area contributed by atoms with Gasteiger partial charge in [0.25, 0.3) is 0 Å². The van der Waals surface area contributed by atoms with Crippen molar-refractivity contribution in [2.45, 2.75) is 0 Å². The highest BCUT2D eigenvalue weighted by Crippen LogP contribution is 2.43. The van der Waals surface area contributed by atoms with Crippen LogP contribution in [0, 0.1) is 0 Å². The zero-order chi connectivity index (χ0) is 28.8. The largest absolute Gasteiger partial charge is 0.493 e. The molecule has 12 heteroatoms. The fourth-order valence-electron chi connectivity index (χ4n) is 3.91. The first-order valence-electron chi connectivity index (χ1n) is 12.3. The number of amides is 1. The first kappa shape index (κ1) is 27.6. The number of nitrogens with two attached hydrogens (primary N) is 1. The van der Waals surface area contributed by atoms with Crippen molar-refractivity contribution in [3.05, 3.63) is 77.9 Å². The summed E-state index contributed by atoms with van der Waals surface area (Å²) < 4.78 is 16.3. The smallest absolute Gasteiger partial charge is 0.248 e. The highest BCUT2D eigenvalue weighted by Gasteiger charge is 2.18. The fraction of sp³-hybridized carbons (Fsp3) is 0.103. The predicted octanol–water partition coefficient (Wildman–Crippen LogP) is 6.33. The van der Waals surface area contributed by atoms with Gasteiger partial charge in [-0.1, -0.05) is 29.5 Å². The molecule has 0 spiro atoms. The molecule has 0 aliphatic heterocycles. The van der Waals surface area contributed by atoms with Crippen LogP contribution >= 0.6 is 22.7 Å². The van der Waals surface area contributed by atoms with Gasteiger partial charge in [0.15, 0.2) is 16.6 Å². The molecule has 5 aromatic rings. The van der Waals surface area contributed by atoms with E-state index in [2.05, 4.69) is 20.6 Å². The minimum atomic E-state index is -0.241. The van der Waals surface area contributed by atoms with E-state index in [1.165, 1.54) is 28.7 Å². The summed E-state index contributed by atoms with van der Waals surface area (Å²) >= 11 is 2.85. The van der Waals surface area contributed by atoms with Crippen LogP contribution in [0.4, 0.5) is 22.3 Å². The number of carbonyl (C=O) groups excluding carboxylic acids is 1. The summed E-state index contributed by atoms with van der Waals surface area (Å²) in [5.41, 5.74) is 10.1. The van der Waals surface area contributed by atoms with Crippen molar-refractivity contribution in [3.63, 3.8) is 0 Å². The van der Waals surface area contributed by atoms with Crippen molar-refractivity contribution in [3.8, 4) is 38.4 Å². The molecule has 208 valence electrons. The number of nitrogens with zero attached hydrogens (tertiary/aromatic N) is 3. The van der Waals surface area contributed by atoms with Crippen LogP contribution in [-0.2, 0) is 4.79 Å². The lowest BCUT2D eigenvalue weighted by Crippen LogP contribution is -2.07. The molecule has 1 amide bonds. The van der Waals surface area contributed by atoms with E-state index in [9.17, 15) is 4.79 Å². The average molecular weight is 587 g/mol. The Balaban J connectivity index is 1.31. The number of nitrogen functional groups attached to an aromatic ring is 1. The van der Waals surface area contributed by atoms with Crippen molar-refractivity contribution in [2.24, 2.45) is 0 Å². The first-order valence-corrected chi connectivity index (χ1v) is 14.0. The number of hydrogen-bond donors (Lipinski definition) is 3. The number of thiazole rings is 2. The van der Waals surface area contributed by atoms with Crippen LogP contribution in [0.5, 0.6) is 17.2 Å². The number of benzene rings is 2. The second-order valence-electron chi connectivity index (χ2n) is 8.50. The standard InChI is InChI=1S/C29H26N6O4S2/c1-37-22-13-20(14-23(38-2)25(22)39-3)33-29-35-27(30)26(41-29)28-34-21(16-40-28)18-7-4-8-19(12-18)32-24(36)10-9-17-6-5-11-31-15-17/h4-16H,30H2,1-3H3,(H,32,36)(H,33,35)/b10-9+. The molecule has 4 N–H and O–H groups in total. The van der Waals surface area contributed by atoms with Crippen molar-refractivity contribution in [1.82, 2.24) is 15.0 Å². The Bertz CT molecular complexity index is 1680. The summed E-state index contributed by atoms with van der Waals surface area (Å²) in [5.74, 6) is 1.67. The van der Waals surface area contributed by atoms with Gasteiger partial charge >= 0.3 is 0 Å². The number of anilines is 4. The Morgan fingerprint density at radius 3 is 2.49 bits per heavy atom. The Morgan fingerprint density at radius 2 is 1.78 bits per heavy atom. The van der Waals surface area contributed by atoms with Crippen molar-refractivity contribution in [2.75, 3.05) is 37.7 Å². The minimum absolute atomic E-state index is 0.241. The third kappa shape index (κ3) is 6.45. The summed E-state index contributed by atoms with van der Waals surface area (Å²) in [4.78, 5) is 26.5. The van der Waals surface area contributed by atoms with E-state index in [1.54, 1.807) is 51.9 Å². The third-order valence-corrected chi connectivity index (χ3v) is 7.79. The molecule has 0 bridgehead atoms. The summed E-state index contributed by atoms with van der Waals surface area (Å²) in [6.45, 7) is 0. The molecule has 2 aromatic carbocycles. The van der Waals surface area contributed by atoms with Crippen molar-refractivity contribution < 1.29 is 19.0 Å². The Morgan fingerprint density at radius 1 is 0.976 bits per heavy atom. The normalized spacial score (nSPS) is 10.9. The maximum Gasteiger partial charge on any atom is 0.248 e. The fourth-order valence-corrected chi connectivity index (χ4v) is 5.75. The summed E-state index contributed by atoms with van der Waals surface area (Å²) in [5, 5.41) is 9.42. The van der Waals surface area contributed by atoms with E-state index in [0.717, 1.165) is 26.7 Å². The van der Waals surface area contributed by atoms with E-state index < -0.39 is 0 Å². The molecule has 0 atom stereocenters. The number of methoxy groups -OCH3 is 3. The van der Waals surface area contributed by atoms with Gasteiger partial charge in [0.05, 0.1) is 27.0 Å². The summed E-state index contributed by atoms with van der Waals surface area (Å²) in [7, 11) is 4.68. The van der Waals surface area contributed by atoms with Gasteiger partial charge in [-0.3, -0.25) is 9.78 Å². The molecule has 0 saturated heterocycles. The molecule has 0 fully saturated rings. The van der Waals surface area contributed by atoms with Crippen LogP contribution in [0.15, 0.2) is 72.4 Å². The summed E-state index contributed by atoms with van der Waals surface area (Å²) in [6.07, 6.45) is 6.56. The lowest BCUT2D eigenvalue weighted by atomic mass is 10.1. The Hall–Kier alpha value is -4.94. The van der Waals surface area contributed by atoms with E-state index in [1.807, 2.05) is 41.8 Å². The zero-order valence-corrected chi connectivity index (χ0v) is 24.0. The molecule has 3 aromatic heterocycles. The molecule has 5 rings (SSSR count). The van der Waals surface area contributed by atoms with Crippen molar-refractivity contribution >= 4 is 57.0 Å². The molecule has 41 heavy (non-hydrogen) atoms. The van der Waals surface area contributed by atoms with Gasteiger partial charge in [-0.05, 0) is 29.8 Å². The SMILES string of the molecule is COc1cc(Nc2nc(N)c(-c3nc(-c4cccc(NC(=O)/C=C/c5cccnc5)c4)cs3)s2)cc(OC)c1OC. The molecule has 3 heterocycles. The lowest BCUT2D eigenvalue weighted by molar-refractivity contribution is -0.111. The zero-order valence-electron chi connectivity index (χ0n) is 22.4. The number of pyridine rings is 1. The average Bonchev–Trinajstić information content (AvgIpc) is 3.62. The third-order valence-electron chi connectivity index (χ3n) is 5.81. The van der Waals surface area contributed by atoms with Gasteiger partial charge in [-0.15, -0.1) is 11.3 Å². The number of nitrogens with one attached hydrogen (secondary N) is 2. The number of hydrogen-bond acceptors (Lipinski definition) is 11.